The van der Waals surface area contributed by atoms with Crippen LogP contribution in [0.3, 0.4) is 0 Å². The molecule has 0 unspecified atom stereocenters. The summed E-state index contributed by atoms with van der Waals surface area (Å²) < 4.78 is 5.56. The van der Waals surface area contributed by atoms with E-state index < -0.39 is 0 Å². The highest BCUT2D eigenvalue weighted by Crippen LogP contribution is 2.39. The van der Waals surface area contributed by atoms with Gasteiger partial charge in [-0.05, 0) is 43.6 Å². The van der Waals surface area contributed by atoms with Crippen molar-refractivity contribution in [3.63, 3.8) is 0 Å². The molecule has 24 heavy (non-hydrogen) atoms. The zero-order valence-corrected chi connectivity index (χ0v) is 14.9. The first-order valence-corrected chi connectivity index (χ1v) is 9.74. The molecule has 0 spiro atoms. The molecular weight excluding hydrogens is 296 g/mol. The van der Waals surface area contributed by atoms with E-state index in [1.807, 2.05) is 0 Å². The lowest BCUT2D eigenvalue weighted by Crippen LogP contribution is -2.12. The Bertz CT molecular complexity index is 585. The Morgan fingerprint density at radius 2 is 1.62 bits per heavy atom. The van der Waals surface area contributed by atoms with Crippen LogP contribution in [0.2, 0.25) is 0 Å². The molecule has 0 amide bonds. The SMILES string of the molecule is CCCCCCCc1noc(C2CCC(c3ccccc3)CC2)n1. The van der Waals surface area contributed by atoms with Crippen LogP contribution in [0.4, 0.5) is 0 Å². The van der Waals surface area contributed by atoms with Crippen LogP contribution >= 0.6 is 0 Å². The molecule has 1 saturated carbocycles. The average Bonchev–Trinajstić information content (AvgIpc) is 3.11. The maximum absolute atomic E-state index is 5.56. The Balaban J connectivity index is 1.45. The van der Waals surface area contributed by atoms with Gasteiger partial charge in [-0.1, -0.05) is 68.1 Å². The molecule has 1 aliphatic rings. The van der Waals surface area contributed by atoms with E-state index >= 15 is 0 Å². The van der Waals surface area contributed by atoms with Crippen molar-refractivity contribution in [2.24, 2.45) is 0 Å². The van der Waals surface area contributed by atoms with Gasteiger partial charge in [-0.2, -0.15) is 4.98 Å². The molecule has 3 heteroatoms. The van der Waals surface area contributed by atoms with Gasteiger partial charge in [0.05, 0.1) is 0 Å². The van der Waals surface area contributed by atoms with E-state index in [-0.39, 0.29) is 0 Å². The van der Waals surface area contributed by atoms with Gasteiger partial charge in [-0.3, -0.25) is 0 Å². The number of aromatic nitrogens is 2. The molecule has 0 atom stereocenters. The van der Waals surface area contributed by atoms with E-state index in [1.165, 1.54) is 50.5 Å². The van der Waals surface area contributed by atoms with Gasteiger partial charge in [0.15, 0.2) is 5.82 Å². The van der Waals surface area contributed by atoms with E-state index in [9.17, 15) is 0 Å². The summed E-state index contributed by atoms with van der Waals surface area (Å²) in [5.41, 5.74) is 1.48. The average molecular weight is 326 g/mol. The Morgan fingerprint density at radius 1 is 0.917 bits per heavy atom. The van der Waals surface area contributed by atoms with Crippen molar-refractivity contribution < 1.29 is 4.52 Å². The summed E-state index contributed by atoms with van der Waals surface area (Å²) in [5.74, 6) is 2.95. The third kappa shape index (κ3) is 4.68. The van der Waals surface area contributed by atoms with Crippen LogP contribution in [0.25, 0.3) is 0 Å². The minimum atomic E-state index is 0.464. The fourth-order valence-electron chi connectivity index (χ4n) is 3.82. The van der Waals surface area contributed by atoms with E-state index in [4.69, 9.17) is 4.52 Å². The number of nitrogens with zero attached hydrogens (tertiary/aromatic N) is 2. The van der Waals surface area contributed by atoms with Gasteiger partial charge in [0, 0.05) is 12.3 Å². The summed E-state index contributed by atoms with van der Waals surface area (Å²) in [5, 5.41) is 4.20. The molecule has 0 aliphatic heterocycles. The highest BCUT2D eigenvalue weighted by atomic mass is 16.5. The molecule has 0 saturated heterocycles. The number of rotatable bonds is 8. The smallest absolute Gasteiger partial charge is 0.229 e. The van der Waals surface area contributed by atoms with Crippen LogP contribution in [0, 0.1) is 0 Å². The second kappa shape index (κ2) is 9.00. The van der Waals surface area contributed by atoms with E-state index in [0.717, 1.165) is 31.0 Å². The van der Waals surface area contributed by atoms with Crippen LogP contribution in [0.5, 0.6) is 0 Å². The predicted molar refractivity (Wildman–Crippen MR) is 97.2 cm³/mol. The first-order valence-electron chi connectivity index (χ1n) is 9.74. The van der Waals surface area contributed by atoms with E-state index in [0.29, 0.717) is 11.8 Å². The van der Waals surface area contributed by atoms with Gasteiger partial charge in [0.25, 0.3) is 0 Å². The van der Waals surface area contributed by atoms with Crippen LogP contribution in [-0.2, 0) is 6.42 Å². The number of hydrogen-bond donors (Lipinski definition) is 0. The fourth-order valence-corrected chi connectivity index (χ4v) is 3.82. The zero-order valence-electron chi connectivity index (χ0n) is 14.9. The number of benzene rings is 1. The van der Waals surface area contributed by atoms with Gasteiger partial charge < -0.3 is 4.52 Å². The molecule has 1 aromatic heterocycles. The summed E-state index contributed by atoms with van der Waals surface area (Å²) in [6, 6.07) is 10.9. The molecule has 0 bridgehead atoms. The van der Waals surface area contributed by atoms with Crippen molar-refractivity contribution in [2.45, 2.75) is 83.0 Å². The molecule has 1 aromatic carbocycles. The maximum Gasteiger partial charge on any atom is 0.229 e. The lowest BCUT2D eigenvalue weighted by molar-refractivity contribution is 0.299. The topological polar surface area (TPSA) is 38.9 Å². The molecule has 2 aromatic rings. The third-order valence-electron chi connectivity index (χ3n) is 5.34. The monoisotopic (exact) mass is 326 g/mol. The molecule has 0 N–H and O–H groups in total. The molecule has 1 fully saturated rings. The van der Waals surface area contributed by atoms with Crippen molar-refractivity contribution in [3.8, 4) is 0 Å². The summed E-state index contributed by atoms with van der Waals surface area (Å²) in [4.78, 5) is 4.67. The second-order valence-electron chi connectivity index (χ2n) is 7.17. The lowest BCUT2D eigenvalue weighted by Gasteiger charge is -2.26. The van der Waals surface area contributed by atoms with Crippen LogP contribution in [0.15, 0.2) is 34.9 Å². The molecule has 3 rings (SSSR count). The van der Waals surface area contributed by atoms with E-state index in [2.05, 4.69) is 47.4 Å². The van der Waals surface area contributed by atoms with Crippen molar-refractivity contribution in [1.29, 1.82) is 0 Å². The van der Waals surface area contributed by atoms with Crippen LogP contribution < -0.4 is 0 Å². The maximum atomic E-state index is 5.56. The molecule has 0 radical (unpaired) electrons. The molecule has 130 valence electrons. The lowest BCUT2D eigenvalue weighted by atomic mass is 9.78. The highest BCUT2D eigenvalue weighted by molar-refractivity contribution is 5.20. The number of hydrogen-bond acceptors (Lipinski definition) is 3. The van der Waals surface area contributed by atoms with Gasteiger partial charge in [0.1, 0.15) is 0 Å². The summed E-state index contributed by atoms with van der Waals surface area (Å²) >= 11 is 0. The first kappa shape index (κ1) is 17.2. The number of aryl methyl sites for hydroxylation is 1. The molecular formula is C21H30N2O. The molecule has 1 aliphatic carbocycles. The largest absolute Gasteiger partial charge is 0.339 e. The van der Waals surface area contributed by atoms with E-state index in [1.54, 1.807) is 0 Å². The summed E-state index contributed by atoms with van der Waals surface area (Å²) in [6.45, 7) is 2.25. The van der Waals surface area contributed by atoms with Crippen LogP contribution in [-0.4, -0.2) is 10.1 Å². The summed E-state index contributed by atoms with van der Waals surface area (Å²) in [7, 11) is 0. The Kier molecular flexibility index (Phi) is 6.45. The minimum absolute atomic E-state index is 0.464. The van der Waals surface area contributed by atoms with Crippen molar-refractivity contribution in [3.05, 3.63) is 47.6 Å². The number of unbranched alkanes of at least 4 members (excludes halogenated alkanes) is 4. The Labute approximate surface area is 145 Å². The van der Waals surface area contributed by atoms with Crippen LogP contribution in [0.1, 0.15) is 93.8 Å². The third-order valence-corrected chi connectivity index (χ3v) is 5.34. The minimum Gasteiger partial charge on any atom is -0.339 e. The fraction of sp³-hybridized carbons (Fsp3) is 0.619. The Hall–Kier alpha value is -1.64. The van der Waals surface area contributed by atoms with Gasteiger partial charge in [-0.15, -0.1) is 0 Å². The quantitative estimate of drug-likeness (QED) is 0.556. The van der Waals surface area contributed by atoms with Crippen molar-refractivity contribution in [2.75, 3.05) is 0 Å². The normalized spacial score (nSPS) is 21.0. The standard InChI is InChI=1S/C21H30N2O/c1-2-3-4-5-9-12-20-22-21(24-23-20)19-15-13-18(14-16-19)17-10-7-6-8-11-17/h6-8,10-11,18-19H,2-5,9,12-16H2,1H3. The van der Waals surface area contributed by atoms with Gasteiger partial charge in [-0.25, -0.2) is 0 Å². The Morgan fingerprint density at radius 3 is 2.38 bits per heavy atom. The summed E-state index contributed by atoms with van der Waals surface area (Å²) in [6.07, 6.45) is 12.2. The highest BCUT2D eigenvalue weighted by Gasteiger charge is 2.27. The predicted octanol–water partition coefficient (Wildman–Crippen LogP) is 6.02. The van der Waals surface area contributed by atoms with Crippen molar-refractivity contribution >= 4 is 0 Å². The molecule has 3 nitrogen and oxygen atoms in total. The second-order valence-corrected chi connectivity index (χ2v) is 7.17. The van der Waals surface area contributed by atoms with Crippen molar-refractivity contribution in [1.82, 2.24) is 10.1 Å². The van der Waals surface area contributed by atoms with Gasteiger partial charge >= 0.3 is 0 Å². The zero-order chi connectivity index (χ0) is 16.6. The van der Waals surface area contributed by atoms with Gasteiger partial charge in [0.2, 0.25) is 5.89 Å². The molecule has 1 heterocycles. The first-order chi connectivity index (χ1) is 11.9.